The van der Waals surface area contributed by atoms with Crippen LogP contribution in [0.5, 0.6) is 0 Å². The fourth-order valence-corrected chi connectivity index (χ4v) is 0.821. The lowest BCUT2D eigenvalue weighted by molar-refractivity contribution is 0.626. The van der Waals surface area contributed by atoms with Crippen molar-refractivity contribution >= 4 is 12.4 Å². The Morgan fingerprint density at radius 3 is 2.25 bits per heavy atom. The van der Waals surface area contributed by atoms with E-state index in [1.807, 2.05) is 0 Å². The molecule has 0 aliphatic carbocycles. The van der Waals surface area contributed by atoms with Gasteiger partial charge in [-0.3, -0.25) is 0 Å². The van der Waals surface area contributed by atoms with Crippen LogP contribution < -0.4 is 5.73 Å². The molecule has 0 amide bonds. The van der Waals surface area contributed by atoms with Crippen molar-refractivity contribution in [3.05, 3.63) is 48.3 Å². The van der Waals surface area contributed by atoms with Crippen LogP contribution >= 0.6 is 12.4 Å². The molecule has 0 spiro atoms. The van der Waals surface area contributed by atoms with Crippen LogP contribution in [0.4, 0.5) is 4.39 Å². The normalized spacial score (nSPS) is 11.5. The van der Waals surface area contributed by atoms with Gasteiger partial charge >= 0.3 is 0 Å². The van der Waals surface area contributed by atoms with Crippen LogP contribution in [0.15, 0.2) is 36.9 Å². The lowest BCUT2D eigenvalue weighted by Crippen LogP contribution is -2.05. The molecule has 1 atom stereocenters. The molecule has 1 aromatic carbocycles. The average molecular weight is 188 g/mol. The highest BCUT2D eigenvalue weighted by molar-refractivity contribution is 5.85. The summed E-state index contributed by atoms with van der Waals surface area (Å²) >= 11 is 0. The van der Waals surface area contributed by atoms with Gasteiger partial charge in [0.05, 0.1) is 0 Å². The molecule has 0 fully saturated rings. The number of halogens is 2. The van der Waals surface area contributed by atoms with E-state index in [1.54, 1.807) is 18.2 Å². The minimum Gasteiger partial charge on any atom is -0.321 e. The Balaban J connectivity index is 0.00000121. The molecule has 1 rings (SSSR count). The molecule has 0 radical (unpaired) electrons. The van der Waals surface area contributed by atoms with Crippen molar-refractivity contribution in [3.8, 4) is 0 Å². The minimum absolute atomic E-state index is 0. The molecule has 0 aromatic heterocycles. The quantitative estimate of drug-likeness (QED) is 0.708. The molecule has 0 bridgehead atoms. The van der Waals surface area contributed by atoms with E-state index in [2.05, 4.69) is 6.58 Å². The fourth-order valence-electron chi connectivity index (χ4n) is 0.821. The molecule has 0 saturated heterocycles. The molecule has 0 aliphatic rings. The second-order valence-corrected chi connectivity index (χ2v) is 2.31. The summed E-state index contributed by atoms with van der Waals surface area (Å²) in [5, 5.41) is 0. The molecule has 0 heterocycles. The van der Waals surface area contributed by atoms with E-state index in [0.29, 0.717) is 0 Å². The van der Waals surface area contributed by atoms with Gasteiger partial charge in [0, 0.05) is 6.04 Å². The van der Waals surface area contributed by atoms with E-state index in [-0.39, 0.29) is 24.3 Å². The molecular formula is C9H11ClFN. The van der Waals surface area contributed by atoms with Gasteiger partial charge in [-0.1, -0.05) is 18.2 Å². The van der Waals surface area contributed by atoms with E-state index in [4.69, 9.17) is 5.73 Å². The number of rotatable bonds is 2. The van der Waals surface area contributed by atoms with Crippen molar-refractivity contribution in [1.82, 2.24) is 0 Å². The van der Waals surface area contributed by atoms with Crippen LogP contribution in [-0.4, -0.2) is 0 Å². The summed E-state index contributed by atoms with van der Waals surface area (Å²) in [6.07, 6.45) is 1.62. The zero-order chi connectivity index (χ0) is 8.27. The van der Waals surface area contributed by atoms with Gasteiger partial charge in [0.1, 0.15) is 5.82 Å². The van der Waals surface area contributed by atoms with Crippen molar-refractivity contribution in [2.45, 2.75) is 6.04 Å². The number of hydrogen-bond acceptors (Lipinski definition) is 1. The Kier molecular flexibility index (Phi) is 4.55. The van der Waals surface area contributed by atoms with Gasteiger partial charge in [-0.05, 0) is 17.7 Å². The van der Waals surface area contributed by atoms with E-state index < -0.39 is 0 Å². The molecular weight excluding hydrogens is 177 g/mol. The summed E-state index contributed by atoms with van der Waals surface area (Å²) in [6, 6.07) is 5.89. The van der Waals surface area contributed by atoms with Crippen LogP contribution in [0.2, 0.25) is 0 Å². The first-order valence-corrected chi connectivity index (χ1v) is 3.37. The third-order valence-electron chi connectivity index (χ3n) is 1.51. The number of hydrogen-bond donors (Lipinski definition) is 1. The topological polar surface area (TPSA) is 26.0 Å². The lowest BCUT2D eigenvalue weighted by Gasteiger charge is -2.04. The molecule has 2 N–H and O–H groups in total. The molecule has 0 aliphatic heterocycles. The Hall–Kier alpha value is -0.860. The van der Waals surface area contributed by atoms with Gasteiger partial charge in [-0.2, -0.15) is 0 Å². The molecule has 66 valence electrons. The van der Waals surface area contributed by atoms with Crippen molar-refractivity contribution in [1.29, 1.82) is 0 Å². The summed E-state index contributed by atoms with van der Waals surface area (Å²) < 4.78 is 12.4. The number of nitrogens with two attached hydrogens (primary N) is 1. The summed E-state index contributed by atoms with van der Waals surface area (Å²) in [5.41, 5.74) is 6.48. The van der Waals surface area contributed by atoms with Gasteiger partial charge in [0.15, 0.2) is 0 Å². The van der Waals surface area contributed by atoms with E-state index in [1.165, 1.54) is 12.1 Å². The molecule has 1 nitrogen and oxygen atoms in total. The Morgan fingerprint density at radius 1 is 1.33 bits per heavy atom. The second kappa shape index (κ2) is 4.91. The standard InChI is InChI=1S/C9H10FN.ClH/c1-2-9(11)7-3-5-8(10)6-4-7;/h2-6,9H,1,11H2;1H/t9-;/m1./s1. The average Bonchev–Trinajstić information content (AvgIpc) is 2.05. The highest BCUT2D eigenvalue weighted by atomic mass is 35.5. The summed E-state index contributed by atoms with van der Waals surface area (Å²) in [5.74, 6) is -0.245. The highest BCUT2D eigenvalue weighted by Gasteiger charge is 1.99. The van der Waals surface area contributed by atoms with Crippen LogP contribution in [0.3, 0.4) is 0 Å². The van der Waals surface area contributed by atoms with E-state index >= 15 is 0 Å². The highest BCUT2D eigenvalue weighted by Crippen LogP contribution is 2.10. The largest absolute Gasteiger partial charge is 0.321 e. The third kappa shape index (κ3) is 2.64. The number of benzene rings is 1. The zero-order valence-electron chi connectivity index (χ0n) is 6.53. The predicted molar refractivity (Wildman–Crippen MR) is 50.8 cm³/mol. The van der Waals surface area contributed by atoms with E-state index in [9.17, 15) is 4.39 Å². The third-order valence-corrected chi connectivity index (χ3v) is 1.51. The fraction of sp³-hybridized carbons (Fsp3) is 0.111. The Bertz CT molecular complexity index is 245. The Morgan fingerprint density at radius 2 is 1.83 bits per heavy atom. The maximum absolute atomic E-state index is 12.4. The lowest BCUT2D eigenvalue weighted by atomic mass is 10.1. The van der Waals surface area contributed by atoms with Crippen LogP contribution in [0, 0.1) is 5.82 Å². The van der Waals surface area contributed by atoms with Gasteiger partial charge in [-0.25, -0.2) is 4.39 Å². The smallest absolute Gasteiger partial charge is 0.123 e. The zero-order valence-corrected chi connectivity index (χ0v) is 7.35. The summed E-state index contributed by atoms with van der Waals surface area (Å²) in [4.78, 5) is 0. The first-order valence-electron chi connectivity index (χ1n) is 3.37. The molecule has 0 unspecified atom stereocenters. The maximum Gasteiger partial charge on any atom is 0.123 e. The molecule has 1 aromatic rings. The molecule has 12 heavy (non-hydrogen) atoms. The molecule has 0 saturated carbocycles. The first kappa shape index (κ1) is 11.1. The Labute approximate surface area is 77.5 Å². The van der Waals surface area contributed by atoms with Crippen molar-refractivity contribution in [2.24, 2.45) is 5.73 Å². The maximum atomic E-state index is 12.4. The monoisotopic (exact) mass is 187 g/mol. The van der Waals surface area contributed by atoms with Gasteiger partial charge in [0.2, 0.25) is 0 Å². The molecule has 3 heteroatoms. The van der Waals surface area contributed by atoms with Crippen LogP contribution in [0.1, 0.15) is 11.6 Å². The minimum atomic E-state index is -0.245. The van der Waals surface area contributed by atoms with Gasteiger partial charge in [-0.15, -0.1) is 19.0 Å². The van der Waals surface area contributed by atoms with Crippen LogP contribution in [-0.2, 0) is 0 Å². The predicted octanol–water partition coefficient (Wildman–Crippen LogP) is 2.43. The second-order valence-electron chi connectivity index (χ2n) is 2.31. The summed E-state index contributed by atoms with van der Waals surface area (Å²) in [7, 11) is 0. The van der Waals surface area contributed by atoms with Gasteiger partial charge < -0.3 is 5.73 Å². The van der Waals surface area contributed by atoms with Gasteiger partial charge in [0.25, 0.3) is 0 Å². The summed E-state index contributed by atoms with van der Waals surface area (Å²) in [6.45, 7) is 3.54. The first-order chi connectivity index (χ1) is 5.24. The SMILES string of the molecule is C=C[C@@H](N)c1ccc(F)cc1.Cl. The van der Waals surface area contributed by atoms with Crippen molar-refractivity contribution < 1.29 is 4.39 Å². The van der Waals surface area contributed by atoms with Crippen molar-refractivity contribution in [3.63, 3.8) is 0 Å². The van der Waals surface area contributed by atoms with Crippen molar-refractivity contribution in [2.75, 3.05) is 0 Å². The van der Waals surface area contributed by atoms with Crippen LogP contribution in [0.25, 0.3) is 0 Å². The van der Waals surface area contributed by atoms with E-state index in [0.717, 1.165) is 5.56 Å².